The largest absolute Gasteiger partial charge is 0.347 e. The van der Waals surface area contributed by atoms with Gasteiger partial charge in [0.2, 0.25) is 10.0 Å². The minimum absolute atomic E-state index is 0.126. The number of nitrogens with zero attached hydrogens (tertiary/aromatic N) is 1. The molecule has 2 aromatic rings. The number of aromatic nitrogens is 2. The van der Waals surface area contributed by atoms with Crippen LogP contribution in [0.25, 0.3) is 0 Å². The summed E-state index contributed by atoms with van der Waals surface area (Å²) in [7, 11) is -3.66. The summed E-state index contributed by atoms with van der Waals surface area (Å²) in [4.78, 5) is 7.01. The first-order valence-corrected chi connectivity index (χ1v) is 7.80. The van der Waals surface area contributed by atoms with Gasteiger partial charge >= 0.3 is 0 Å². The maximum atomic E-state index is 12.3. The van der Waals surface area contributed by atoms with Crippen LogP contribution in [0.15, 0.2) is 35.5 Å². The zero-order valence-electron chi connectivity index (χ0n) is 10.8. The van der Waals surface area contributed by atoms with Crippen LogP contribution in [0, 0.1) is 0 Å². The summed E-state index contributed by atoms with van der Waals surface area (Å²) in [6, 6.07) is 3.97. The highest BCUT2D eigenvalue weighted by molar-refractivity contribution is 7.89. The average molecular weight is 315 g/mol. The van der Waals surface area contributed by atoms with Crippen LogP contribution in [-0.2, 0) is 16.6 Å². The number of sulfonamides is 1. The second kappa shape index (κ2) is 5.92. The summed E-state index contributed by atoms with van der Waals surface area (Å²) in [6.45, 7) is 1.88. The lowest BCUT2D eigenvalue weighted by atomic mass is 10.2. The molecule has 0 saturated heterocycles. The Morgan fingerprint density at radius 3 is 2.85 bits per heavy atom. The van der Waals surface area contributed by atoms with Crippen molar-refractivity contribution in [3.63, 3.8) is 0 Å². The predicted molar refractivity (Wildman–Crippen MR) is 76.7 cm³/mol. The number of aromatic amines is 1. The molecular formula is C12H15ClN4O2S. The smallest absolute Gasteiger partial charge is 0.241 e. The number of hydrogen-bond acceptors (Lipinski definition) is 4. The molecule has 1 atom stereocenters. The number of rotatable bonds is 5. The second-order valence-corrected chi connectivity index (χ2v) is 6.40. The van der Waals surface area contributed by atoms with E-state index in [1.165, 1.54) is 18.2 Å². The van der Waals surface area contributed by atoms with Gasteiger partial charge in [0, 0.05) is 24.0 Å². The molecule has 1 heterocycles. The SMILES string of the molecule is CC(NS(=O)(=O)c1ccc(Cl)c(CN)c1)c1ncc[nH]1. The Bertz CT molecular complexity index is 685. The van der Waals surface area contributed by atoms with Crippen molar-refractivity contribution in [2.75, 3.05) is 0 Å². The van der Waals surface area contributed by atoms with Crippen LogP contribution in [0.3, 0.4) is 0 Å². The zero-order chi connectivity index (χ0) is 14.8. The molecule has 4 N–H and O–H groups in total. The van der Waals surface area contributed by atoms with Crippen LogP contribution < -0.4 is 10.5 Å². The molecule has 0 aliphatic heterocycles. The van der Waals surface area contributed by atoms with Gasteiger partial charge in [-0.2, -0.15) is 0 Å². The van der Waals surface area contributed by atoms with E-state index in [1.54, 1.807) is 19.3 Å². The molecule has 0 fully saturated rings. The number of imidazole rings is 1. The van der Waals surface area contributed by atoms with Gasteiger partial charge in [0.15, 0.2) is 0 Å². The predicted octanol–water partition coefficient (Wildman–Crippen LogP) is 1.56. The van der Waals surface area contributed by atoms with Crippen molar-refractivity contribution in [2.24, 2.45) is 5.73 Å². The Kier molecular flexibility index (Phi) is 4.44. The molecule has 0 aliphatic carbocycles. The van der Waals surface area contributed by atoms with Crippen molar-refractivity contribution >= 4 is 21.6 Å². The lowest BCUT2D eigenvalue weighted by Crippen LogP contribution is -2.27. The van der Waals surface area contributed by atoms with Crippen LogP contribution >= 0.6 is 11.6 Å². The quantitative estimate of drug-likeness (QED) is 0.779. The van der Waals surface area contributed by atoms with Gasteiger partial charge in [-0.3, -0.25) is 0 Å². The molecule has 0 bridgehead atoms. The van der Waals surface area contributed by atoms with Crippen LogP contribution in [0.1, 0.15) is 24.4 Å². The molecule has 1 aromatic heterocycles. The monoisotopic (exact) mass is 314 g/mol. The standard InChI is InChI=1S/C12H15ClN4O2S/c1-8(12-15-4-5-16-12)17-20(18,19)10-2-3-11(13)9(6-10)7-14/h2-6,8,17H,7,14H2,1H3,(H,15,16). The van der Waals surface area contributed by atoms with Crippen LogP contribution in [-0.4, -0.2) is 18.4 Å². The zero-order valence-corrected chi connectivity index (χ0v) is 12.4. The van der Waals surface area contributed by atoms with E-state index >= 15 is 0 Å². The van der Waals surface area contributed by atoms with E-state index in [1.807, 2.05) is 0 Å². The number of nitrogens with two attached hydrogens (primary N) is 1. The first-order valence-electron chi connectivity index (χ1n) is 5.94. The third-order valence-corrected chi connectivity index (χ3v) is 4.72. The molecule has 0 spiro atoms. The number of halogens is 1. The topological polar surface area (TPSA) is 101 Å². The van der Waals surface area contributed by atoms with Gasteiger partial charge in [-0.1, -0.05) is 11.6 Å². The third-order valence-electron chi connectivity index (χ3n) is 2.81. The molecule has 0 radical (unpaired) electrons. The molecule has 0 amide bonds. The second-order valence-electron chi connectivity index (χ2n) is 4.27. The van der Waals surface area contributed by atoms with Crippen molar-refractivity contribution < 1.29 is 8.42 Å². The fraction of sp³-hybridized carbons (Fsp3) is 0.250. The fourth-order valence-corrected chi connectivity index (χ4v) is 3.20. The van der Waals surface area contributed by atoms with Gasteiger partial charge in [0.25, 0.3) is 0 Å². The molecule has 6 nitrogen and oxygen atoms in total. The summed E-state index contributed by atoms with van der Waals surface area (Å²) >= 11 is 5.92. The van der Waals surface area contributed by atoms with Crippen LogP contribution in [0.5, 0.6) is 0 Å². The lowest BCUT2D eigenvalue weighted by molar-refractivity contribution is 0.561. The van der Waals surface area contributed by atoms with E-state index < -0.39 is 16.1 Å². The highest BCUT2D eigenvalue weighted by Crippen LogP contribution is 2.21. The molecule has 2 rings (SSSR count). The molecule has 1 aromatic carbocycles. The maximum absolute atomic E-state index is 12.3. The Labute approximate surface area is 122 Å². The van der Waals surface area contributed by atoms with Crippen molar-refractivity contribution in [3.05, 3.63) is 47.0 Å². The summed E-state index contributed by atoms with van der Waals surface area (Å²) in [6.07, 6.45) is 3.20. The van der Waals surface area contributed by atoms with E-state index in [0.29, 0.717) is 16.4 Å². The van der Waals surface area contributed by atoms with E-state index in [4.69, 9.17) is 17.3 Å². The van der Waals surface area contributed by atoms with E-state index in [9.17, 15) is 8.42 Å². The lowest BCUT2D eigenvalue weighted by Gasteiger charge is -2.13. The van der Waals surface area contributed by atoms with Crippen molar-refractivity contribution in [1.82, 2.24) is 14.7 Å². The Balaban J connectivity index is 2.26. The van der Waals surface area contributed by atoms with Gasteiger partial charge in [0.1, 0.15) is 5.82 Å². The summed E-state index contributed by atoms with van der Waals surface area (Å²) in [5.41, 5.74) is 6.11. The number of nitrogens with one attached hydrogen (secondary N) is 2. The van der Waals surface area contributed by atoms with Crippen LogP contribution in [0.4, 0.5) is 0 Å². The number of H-pyrrole nitrogens is 1. The Hall–Kier alpha value is -1.41. The number of benzene rings is 1. The van der Waals surface area contributed by atoms with Crippen LogP contribution in [0.2, 0.25) is 5.02 Å². The van der Waals surface area contributed by atoms with Gasteiger partial charge < -0.3 is 10.7 Å². The van der Waals surface area contributed by atoms with Gasteiger partial charge in [-0.15, -0.1) is 0 Å². The average Bonchev–Trinajstić information content (AvgIpc) is 2.92. The minimum atomic E-state index is -3.66. The summed E-state index contributed by atoms with van der Waals surface area (Å²) in [5, 5.41) is 0.450. The Morgan fingerprint density at radius 2 is 2.25 bits per heavy atom. The molecule has 0 saturated carbocycles. The van der Waals surface area contributed by atoms with E-state index in [-0.39, 0.29) is 11.4 Å². The number of hydrogen-bond donors (Lipinski definition) is 3. The van der Waals surface area contributed by atoms with E-state index in [0.717, 1.165) is 0 Å². The normalized spacial score (nSPS) is 13.3. The molecule has 1 unspecified atom stereocenters. The highest BCUT2D eigenvalue weighted by Gasteiger charge is 2.20. The van der Waals surface area contributed by atoms with Gasteiger partial charge in [-0.05, 0) is 30.7 Å². The first-order chi connectivity index (χ1) is 9.44. The summed E-state index contributed by atoms with van der Waals surface area (Å²) < 4.78 is 27.1. The van der Waals surface area contributed by atoms with Gasteiger partial charge in [-0.25, -0.2) is 18.1 Å². The highest BCUT2D eigenvalue weighted by atomic mass is 35.5. The fourth-order valence-electron chi connectivity index (χ4n) is 1.75. The van der Waals surface area contributed by atoms with Gasteiger partial charge in [0.05, 0.1) is 10.9 Å². The summed E-state index contributed by atoms with van der Waals surface area (Å²) in [5.74, 6) is 0.543. The van der Waals surface area contributed by atoms with Crippen molar-refractivity contribution in [2.45, 2.75) is 24.4 Å². The van der Waals surface area contributed by atoms with Crippen molar-refractivity contribution in [1.29, 1.82) is 0 Å². The van der Waals surface area contributed by atoms with Crippen molar-refractivity contribution in [3.8, 4) is 0 Å². The van der Waals surface area contributed by atoms with E-state index in [2.05, 4.69) is 14.7 Å². The molecular weight excluding hydrogens is 300 g/mol. The molecule has 20 heavy (non-hydrogen) atoms. The third kappa shape index (κ3) is 3.18. The molecule has 0 aliphatic rings. The first kappa shape index (κ1) is 15.0. The molecule has 108 valence electrons. The maximum Gasteiger partial charge on any atom is 0.241 e. The Morgan fingerprint density at radius 1 is 1.50 bits per heavy atom. The minimum Gasteiger partial charge on any atom is -0.347 e. The molecule has 8 heteroatoms.